The van der Waals surface area contributed by atoms with Gasteiger partial charge in [0.1, 0.15) is 0 Å². The average molecular weight is 588 g/mol. The Morgan fingerprint density at radius 3 is 1.63 bits per heavy atom. The van der Waals surface area contributed by atoms with Crippen LogP contribution in [0.2, 0.25) is 0 Å². The van der Waals surface area contributed by atoms with Gasteiger partial charge in [-0.2, -0.15) is 0 Å². The Bertz CT molecular complexity index is 2810. The molecule has 10 aromatic rings. The normalized spacial score (nSPS) is 12.0. The fourth-order valence-electron chi connectivity index (χ4n) is 7.78. The third-order valence-corrected chi connectivity index (χ3v) is 9.66. The maximum absolute atomic E-state index is 2.49. The number of para-hydroxylation sites is 4. The molecule has 3 aromatic heterocycles. The van der Waals surface area contributed by atoms with Gasteiger partial charge < -0.3 is 13.7 Å². The Hall–Kier alpha value is -6.06. The highest BCUT2D eigenvalue weighted by Crippen LogP contribution is 2.43. The van der Waals surface area contributed by atoms with Crippen LogP contribution in [-0.4, -0.2) is 13.7 Å². The maximum Gasteiger partial charge on any atom is 0.0641 e. The molecule has 0 radical (unpaired) electrons. The Kier molecular flexibility index (Phi) is 5.20. The minimum atomic E-state index is 1.16. The number of fused-ring (bicyclic) bond motifs is 10. The van der Waals surface area contributed by atoms with E-state index in [0.29, 0.717) is 0 Å². The molecule has 3 heterocycles. The Balaban J connectivity index is 1.36. The highest BCUT2D eigenvalue weighted by Gasteiger charge is 2.21. The minimum Gasteiger partial charge on any atom is -0.309 e. The molecule has 3 heteroatoms. The zero-order chi connectivity index (χ0) is 30.4. The van der Waals surface area contributed by atoms with Gasteiger partial charge in [0.2, 0.25) is 0 Å². The number of nitrogens with zero attached hydrogens (tertiary/aromatic N) is 3. The fourth-order valence-corrected chi connectivity index (χ4v) is 7.78. The van der Waals surface area contributed by atoms with Gasteiger partial charge >= 0.3 is 0 Å². The summed E-state index contributed by atoms with van der Waals surface area (Å²) in [6.07, 6.45) is 0. The minimum absolute atomic E-state index is 1.16. The second-order valence-electron chi connectivity index (χ2n) is 12.3. The number of rotatable bonds is 3. The first-order valence-corrected chi connectivity index (χ1v) is 15.9. The zero-order valence-corrected chi connectivity index (χ0v) is 25.4. The van der Waals surface area contributed by atoms with Gasteiger partial charge in [-0.15, -0.1) is 0 Å². The van der Waals surface area contributed by atoms with Crippen LogP contribution in [0.25, 0.3) is 82.5 Å². The van der Waals surface area contributed by atoms with Crippen LogP contribution in [0.3, 0.4) is 0 Å². The van der Waals surface area contributed by atoms with Crippen LogP contribution in [-0.2, 0) is 0 Å². The number of benzene rings is 7. The van der Waals surface area contributed by atoms with E-state index in [9.17, 15) is 0 Å². The van der Waals surface area contributed by atoms with Gasteiger partial charge in [0.05, 0.1) is 33.1 Å². The van der Waals surface area contributed by atoms with Gasteiger partial charge in [0.25, 0.3) is 0 Å². The summed E-state index contributed by atoms with van der Waals surface area (Å²) in [5, 5.41) is 7.57. The van der Waals surface area contributed by atoms with Crippen molar-refractivity contribution in [1.29, 1.82) is 0 Å². The SMILES string of the molecule is Cc1cccc(-n2c3ccccc3c3c2ccc2c4ccccc4n(-c4ccc5c(c4)c4ccccc4n5-c4ccccc4)c23)c1. The molecule has 0 saturated carbocycles. The van der Waals surface area contributed by atoms with Gasteiger partial charge in [0.15, 0.2) is 0 Å². The molecule has 0 atom stereocenters. The molecule has 0 amide bonds. The summed E-state index contributed by atoms with van der Waals surface area (Å²) in [7, 11) is 0. The molecule has 0 aliphatic rings. The van der Waals surface area contributed by atoms with Crippen molar-refractivity contribution >= 4 is 65.4 Å². The molecule has 0 spiro atoms. The molecule has 0 N–H and O–H groups in total. The summed E-state index contributed by atoms with van der Waals surface area (Å²) in [6.45, 7) is 2.17. The number of aryl methyl sites for hydroxylation is 1. The molecule has 0 unspecified atom stereocenters. The monoisotopic (exact) mass is 587 g/mol. The van der Waals surface area contributed by atoms with E-state index in [0.717, 1.165) is 5.69 Å². The molecule has 0 saturated heterocycles. The van der Waals surface area contributed by atoms with Crippen molar-refractivity contribution in [2.45, 2.75) is 6.92 Å². The summed E-state index contributed by atoms with van der Waals surface area (Å²) in [6, 6.07) is 57.6. The zero-order valence-electron chi connectivity index (χ0n) is 25.4. The van der Waals surface area contributed by atoms with Gasteiger partial charge in [-0.05, 0) is 79.2 Å². The van der Waals surface area contributed by atoms with Crippen molar-refractivity contribution in [2.24, 2.45) is 0 Å². The quantitative estimate of drug-likeness (QED) is 0.195. The molecule has 216 valence electrons. The molecule has 0 fully saturated rings. The van der Waals surface area contributed by atoms with Gasteiger partial charge in [-0.1, -0.05) is 91.0 Å². The van der Waals surface area contributed by atoms with Crippen molar-refractivity contribution in [3.05, 3.63) is 163 Å². The highest BCUT2D eigenvalue weighted by molar-refractivity contribution is 6.26. The van der Waals surface area contributed by atoms with Crippen LogP contribution in [0, 0.1) is 6.92 Å². The number of hydrogen-bond donors (Lipinski definition) is 0. The third-order valence-electron chi connectivity index (χ3n) is 9.66. The molecule has 46 heavy (non-hydrogen) atoms. The largest absolute Gasteiger partial charge is 0.309 e. The molecule has 0 bridgehead atoms. The number of hydrogen-bond acceptors (Lipinski definition) is 0. The standard InChI is InChI=1S/C43H29N3/c1-28-12-11-15-30(26-28)45-39-21-10-7-18-35(39)42-41(45)25-23-34-32-16-5-9-20-38(32)46(43(34)42)31-22-24-40-36(27-31)33-17-6-8-19-37(33)44(40)29-13-3-2-4-14-29/h2-27H,1H3. The first kappa shape index (κ1) is 25.3. The van der Waals surface area contributed by atoms with E-state index in [4.69, 9.17) is 0 Å². The first-order valence-electron chi connectivity index (χ1n) is 15.9. The Labute approximate surface area is 265 Å². The lowest BCUT2D eigenvalue weighted by molar-refractivity contribution is 1.16. The van der Waals surface area contributed by atoms with E-state index >= 15 is 0 Å². The van der Waals surface area contributed by atoms with Gasteiger partial charge in [-0.25, -0.2) is 0 Å². The molecule has 0 aliphatic heterocycles. The van der Waals surface area contributed by atoms with Crippen LogP contribution < -0.4 is 0 Å². The van der Waals surface area contributed by atoms with Crippen LogP contribution in [0.15, 0.2) is 158 Å². The van der Waals surface area contributed by atoms with Crippen molar-refractivity contribution in [3.63, 3.8) is 0 Å². The lowest BCUT2D eigenvalue weighted by Crippen LogP contribution is -1.96. The second kappa shape index (κ2) is 9.47. The summed E-state index contributed by atoms with van der Waals surface area (Å²) in [4.78, 5) is 0. The molecule has 3 nitrogen and oxygen atoms in total. The Morgan fingerprint density at radius 1 is 0.326 bits per heavy atom. The predicted molar refractivity (Wildman–Crippen MR) is 194 cm³/mol. The fraction of sp³-hybridized carbons (Fsp3) is 0.0233. The van der Waals surface area contributed by atoms with Gasteiger partial charge in [0, 0.05) is 49.4 Å². The smallest absolute Gasteiger partial charge is 0.0641 e. The van der Waals surface area contributed by atoms with Gasteiger partial charge in [-0.3, -0.25) is 0 Å². The van der Waals surface area contributed by atoms with Crippen LogP contribution in [0.4, 0.5) is 0 Å². The highest BCUT2D eigenvalue weighted by atomic mass is 15.0. The average Bonchev–Trinajstić information content (AvgIpc) is 3.74. The Morgan fingerprint density at radius 2 is 0.870 bits per heavy atom. The second-order valence-corrected chi connectivity index (χ2v) is 12.3. The molecule has 7 aromatic carbocycles. The van der Waals surface area contributed by atoms with E-state index in [1.54, 1.807) is 0 Å². The van der Waals surface area contributed by atoms with Crippen molar-refractivity contribution in [3.8, 4) is 17.1 Å². The molecule has 0 aliphatic carbocycles. The van der Waals surface area contributed by atoms with E-state index in [1.165, 1.54) is 82.4 Å². The topological polar surface area (TPSA) is 14.8 Å². The summed E-state index contributed by atoms with van der Waals surface area (Å²) in [5.41, 5.74) is 12.1. The number of aromatic nitrogens is 3. The van der Waals surface area contributed by atoms with Crippen molar-refractivity contribution in [1.82, 2.24) is 13.7 Å². The molecular weight excluding hydrogens is 558 g/mol. The van der Waals surface area contributed by atoms with Crippen LogP contribution in [0.5, 0.6) is 0 Å². The summed E-state index contributed by atoms with van der Waals surface area (Å²) < 4.78 is 7.30. The summed E-state index contributed by atoms with van der Waals surface area (Å²) in [5.74, 6) is 0. The van der Waals surface area contributed by atoms with E-state index in [1.807, 2.05) is 0 Å². The third kappa shape index (κ3) is 3.43. The van der Waals surface area contributed by atoms with Crippen molar-refractivity contribution < 1.29 is 0 Å². The predicted octanol–water partition coefficient (Wildman–Crippen LogP) is 11.3. The maximum atomic E-state index is 2.49. The lowest BCUT2D eigenvalue weighted by atomic mass is 10.1. The van der Waals surface area contributed by atoms with Crippen LogP contribution in [0.1, 0.15) is 5.56 Å². The molecule has 10 rings (SSSR count). The van der Waals surface area contributed by atoms with E-state index < -0.39 is 0 Å². The van der Waals surface area contributed by atoms with E-state index in [2.05, 4.69) is 178 Å². The molecular formula is C43H29N3. The van der Waals surface area contributed by atoms with Crippen molar-refractivity contribution in [2.75, 3.05) is 0 Å². The first-order chi connectivity index (χ1) is 22.8. The summed E-state index contributed by atoms with van der Waals surface area (Å²) >= 11 is 0. The van der Waals surface area contributed by atoms with E-state index in [-0.39, 0.29) is 0 Å². The lowest BCUT2D eigenvalue weighted by Gasteiger charge is -2.11. The van der Waals surface area contributed by atoms with Crippen LogP contribution >= 0.6 is 0 Å².